The fraction of sp³-hybridized carbons (Fsp3) is 0.538. The Morgan fingerprint density at radius 3 is 2.55 bits per heavy atom. The van der Waals surface area contributed by atoms with Crippen LogP contribution in [0.25, 0.3) is 0 Å². The first-order chi connectivity index (χ1) is 9.27. The quantitative estimate of drug-likeness (QED) is 0.386. The molecule has 1 fully saturated rings. The molecule has 7 heteroatoms. The van der Waals surface area contributed by atoms with E-state index in [4.69, 9.17) is 12.2 Å². The van der Waals surface area contributed by atoms with E-state index < -0.39 is 0 Å². The van der Waals surface area contributed by atoms with Crippen LogP contribution in [0, 0.1) is 0 Å². The molecular weight excluding hydrogens is 322 g/mol. The zero-order chi connectivity index (χ0) is 13.5. The molecule has 0 spiro atoms. The molecule has 1 aromatic rings. The van der Waals surface area contributed by atoms with Crippen molar-refractivity contribution in [3.8, 4) is 0 Å². The number of aromatic nitrogens is 2. The third-order valence-corrected chi connectivity index (χ3v) is 3.50. The molecule has 5 nitrogen and oxygen atoms in total. The monoisotopic (exact) mass is 340 g/mol. The minimum atomic E-state index is 0. The molecule has 0 aromatic carbocycles. The van der Waals surface area contributed by atoms with Gasteiger partial charge >= 0.3 is 17.1 Å². The number of nitrogens with zero attached hydrogens (tertiary/aromatic N) is 4. The number of thiocarbonyl (C=S) groups is 1. The van der Waals surface area contributed by atoms with Crippen LogP contribution in [0.5, 0.6) is 0 Å². The van der Waals surface area contributed by atoms with Gasteiger partial charge in [0.25, 0.3) is 0 Å². The summed E-state index contributed by atoms with van der Waals surface area (Å²) >= 11 is 5.37. The minimum Gasteiger partial charge on any atom is -0.348 e. The minimum absolute atomic E-state index is 0. The number of likely N-dealkylation sites (tertiary alicyclic amines) is 1. The molecule has 1 saturated heterocycles. The first kappa shape index (κ1) is 17.0. The summed E-state index contributed by atoms with van der Waals surface area (Å²) in [7, 11) is 0. The second kappa shape index (κ2) is 9.00. The number of nitrogens with one attached hydrogen (secondary N) is 1. The molecule has 0 saturated carbocycles. The van der Waals surface area contributed by atoms with Crippen molar-refractivity contribution in [1.29, 1.82) is 0 Å². The van der Waals surface area contributed by atoms with Gasteiger partial charge in [-0.25, -0.2) is 0 Å². The van der Waals surface area contributed by atoms with Crippen LogP contribution in [-0.4, -0.2) is 38.8 Å². The predicted octanol–water partition coefficient (Wildman–Crippen LogP) is 1.95. The van der Waals surface area contributed by atoms with Crippen LogP contribution in [0.4, 0.5) is 0 Å². The average Bonchev–Trinajstić information content (AvgIpc) is 2.74. The summed E-state index contributed by atoms with van der Waals surface area (Å²) in [5, 5.41) is 4.98. The molecule has 2 heterocycles. The van der Waals surface area contributed by atoms with Crippen LogP contribution < -0.4 is 5.43 Å². The van der Waals surface area contributed by atoms with E-state index in [1.165, 1.54) is 25.7 Å². The second-order valence-corrected chi connectivity index (χ2v) is 4.99. The largest absolute Gasteiger partial charge is 2.00 e. The van der Waals surface area contributed by atoms with Gasteiger partial charge in [0.15, 0.2) is 5.11 Å². The Kier molecular flexibility index (Phi) is 7.65. The van der Waals surface area contributed by atoms with E-state index in [9.17, 15) is 0 Å². The molecule has 111 valence electrons. The van der Waals surface area contributed by atoms with E-state index in [0.29, 0.717) is 5.11 Å². The van der Waals surface area contributed by atoms with Gasteiger partial charge in [-0.05, 0) is 32.0 Å². The Labute approximate surface area is 135 Å². The van der Waals surface area contributed by atoms with Crippen molar-refractivity contribution in [2.75, 3.05) is 13.1 Å². The van der Waals surface area contributed by atoms with Crippen molar-refractivity contribution in [2.45, 2.75) is 32.6 Å². The van der Waals surface area contributed by atoms with Crippen molar-refractivity contribution < 1.29 is 17.1 Å². The van der Waals surface area contributed by atoms with Crippen molar-refractivity contribution in [3.05, 3.63) is 24.3 Å². The molecule has 1 N–H and O–H groups in total. The summed E-state index contributed by atoms with van der Waals surface area (Å²) < 4.78 is 0. The maximum absolute atomic E-state index is 5.37. The summed E-state index contributed by atoms with van der Waals surface area (Å²) in [6, 6.07) is 0. The van der Waals surface area contributed by atoms with Gasteiger partial charge in [0.05, 0.1) is 11.9 Å². The third-order valence-electron chi connectivity index (χ3n) is 3.15. The zero-order valence-corrected chi connectivity index (χ0v) is 13.2. The zero-order valence-electron chi connectivity index (χ0n) is 11.5. The first-order valence-electron chi connectivity index (χ1n) is 6.63. The van der Waals surface area contributed by atoms with Gasteiger partial charge in [-0.3, -0.25) is 15.4 Å². The molecule has 0 unspecified atom stereocenters. The van der Waals surface area contributed by atoms with Crippen LogP contribution in [0.1, 0.15) is 38.3 Å². The summed E-state index contributed by atoms with van der Waals surface area (Å²) in [6.45, 7) is 3.93. The molecule has 20 heavy (non-hydrogen) atoms. The van der Waals surface area contributed by atoms with Gasteiger partial charge in [-0.15, -0.1) is 0 Å². The van der Waals surface area contributed by atoms with E-state index in [-0.39, 0.29) is 17.1 Å². The normalized spacial score (nSPS) is 16.1. The number of hydrogen-bond acceptors (Lipinski definition) is 4. The summed E-state index contributed by atoms with van der Waals surface area (Å²) in [6.07, 6.45) is 9.98. The topological polar surface area (TPSA) is 53.4 Å². The fourth-order valence-electron chi connectivity index (χ4n) is 2.02. The maximum atomic E-state index is 5.37. The molecule has 1 aliphatic rings. The Balaban J connectivity index is 0.00000200. The van der Waals surface area contributed by atoms with Gasteiger partial charge < -0.3 is 4.90 Å². The molecule has 0 aliphatic carbocycles. The second-order valence-electron chi connectivity index (χ2n) is 4.61. The molecule has 0 amide bonds. The Morgan fingerprint density at radius 2 is 1.95 bits per heavy atom. The van der Waals surface area contributed by atoms with Gasteiger partial charge in [0.1, 0.15) is 5.69 Å². The van der Waals surface area contributed by atoms with E-state index in [2.05, 4.69) is 25.4 Å². The third kappa shape index (κ3) is 5.15. The maximum Gasteiger partial charge on any atom is 2.00 e. The molecule has 0 atom stereocenters. The number of rotatable bonds is 2. The van der Waals surface area contributed by atoms with E-state index in [1.807, 2.05) is 6.92 Å². The van der Waals surface area contributed by atoms with Crippen molar-refractivity contribution in [3.63, 3.8) is 0 Å². The van der Waals surface area contributed by atoms with Crippen molar-refractivity contribution in [1.82, 2.24) is 20.3 Å². The van der Waals surface area contributed by atoms with Gasteiger partial charge in [0, 0.05) is 25.5 Å². The van der Waals surface area contributed by atoms with Crippen LogP contribution in [0.3, 0.4) is 0 Å². The standard InChI is InChI=1S/C13H19N5S.Cu/c1-11(12-10-14-6-7-15-12)16-17-13(19)18-8-4-2-3-5-9-18;/h6-7,10H,2-5,8-9H2,1H3,(H,17,19);/q;+2. The molecule has 1 radical (unpaired) electrons. The molecule has 2 rings (SSSR count). The summed E-state index contributed by atoms with van der Waals surface area (Å²) in [5.41, 5.74) is 4.50. The van der Waals surface area contributed by atoms with E-state index in [1.54, 1.807) is 18.6 Å². The Morgan fingerprint density at radius 1 is 1.25 bits per heavy atom. The molecule has 1 aliphatic heterocycles. The first-order valence-corrected chi connectivity index (χ1v) is 7.04. The smallest absolute Gasteiger partial charge is 0.348 e. The average molecular weight is 341 g/mol. The summed E-state index contributed by atoms with van der Waals surface area (Å²) in [5.74, 6) is 0. The number of hydrazone groups is 1. The van der Waals surface area contributed by atoms with E-state index >= 15 is 0 Å². The fourth-order valence-corrected chi connectivity index (χ4v) is 2.25. The van der Waals surface area contributed by atoms with E-state index in [0.717, 1.165) is 24.5 Å². The Hall–Kier alpha value is -1.04. The van der Waals surface area contributed by atoms with Crippen LogP contribution in [-0.2, 0) is 17.1 Å². The number of hydrogen-bond donors (Lipinski definition) is 1. The molecular formula is C13H19CuN5S+2. The van der Waals surface area contributed by atoms with Gasteiger partial charge in [0.2, 0.25) is 0 Å². The summed E-state index contributed by atoms with van der Waals surface area (Å²) in [4.78, 5) is 10.4. The van der Waals surface area contributed by atoms with Gasteiger partial charge in [-0.2, -0.15) is 5.10 Å². The SMILES string of the molecule is CC(=NNC(=S)N1CCCCCC1)c1cnccn1.[Cu+2]. The van der Waals surface area contributed by atoms with Crippen LogP contribution in [0.2, 0.25) is 0 Å². The molecule has 0 bridgehead atoms. The van der Waals surface area contributed by atoms with Crippen molar-refractivity contribution in [2.24, 2.45) is 5.10 Å². The van der Waals surface area contributed by atoms with Gasteiger partial charge in [-0.1, -0.05) is 12.8 Å². The van der Waals surface area contributed by atoms with Crippen molar-refractivity contribution >= 4 is 23.0 Å². The predicted molar refractivity (Wildman–Crippen MR) is 80.0 cm³/mol. The molecule has 1 aromatic heterocycles. The van der Waals surface area contributed by atoms with Crippen LogP contribution >= 0.6 is 12.2 Å². The van der Waals surface area contributed by atoms with Crippen LogP contribution in [0.15, 0.2) is 23.7 Å². The Bertz CT molecular complexity index is 443.